The first-order valence-corrected chi connectivity index (χ1v) is 9.85. The molecule has 1 aliphatic heterocycles. The number of hydrogen-bond acceptors (Lipinski definition) is 2. The van der Waals surface area contributed by atoms with Crippen LogP contribution in [0.3, 0.4) is 0 Å². The minimum atomic E-state index is -0.954. The molecule has 2 aromatic carbocycles. The first-order valence-electron chi connectivity index (χ1n) is 9.85. The van der Waals surface area contributed by atoms with Crippen LogP contribution in [0.15, 0.2) is 54.6 Å². The van der Waals surface area contributed by atoms with Gasteiger partial charge in [-0.25, -0.2) is 4.79 Å². The number of amides is 2. The molecular weight excluding hydrogens is 352 g/mol. The van der Waals surface area contributed by atoms with Gasteiger partial charge in [0.25, 0.3) is 0 Å². The number of para-hydroxylation sites is 1. The maximum atomic E-state index is 12.5. The van der Waals surface area contributed by atoms with E-state index in [0.29, 0.717) is 18.5 Å². The van der Waals surface area contributed by atoms with E-state index in [-0.39, 0.29) is 18.0 Å². The monoisotopic (exact) mass is 378 g/mol. The number of rotatable bonds is 4. The van der Waals surface area contributed by atoms with Gasteiger partial charge >= 0.3 is 6.09 Å². The molecule has 4 rings (SSSR count). The van der Waals surface area contributed by atoms with Crippen LogP contribution in [-0.4, -0.2) is 33.6 Å². The third-order valence-corrected chi connectivity index (χ3v) is 5.97. The van der Waals surface area contributed by atoms with Gasteiger partial charge in [-0.1, -0.05) is 48.5 Å². The van der Waals surface area contributed by atoms with E-state index < -0.39 is 11.6 Å². The lowest BCUT2D eigenvalue weighted by atomic mass is 9.77. The van der Waals surface area contributed by atoms with E-state index in [1.54, 1.807) is 6.92 Å². The van der Waals surface area contributed by atoms with Gasteiger partial charge in [0, 0.05) is 13.0 Å². The smallest absolute Gasteiger partial charge is 0.412 e. The molecule has 0 spiro atoms. The summed E-state index contributed by atoms with van der Waals surface area (Å²) in [5.74, 6) is 0.0631. The first kappa shape index (κ1) is 18.5. The van der Waals surface area contributed by atoms with Crippen molar-refractivity contribution in [1.82, 2.24) is 4.90 Å². The number of benzene rings is 2. The van der Waals surface area contributed by atoms with Gasteiger partial charge in [0.1, 0.15) is 0 Å². The third-order valence-electron chi connectivity index (χ3n) is 5.97. The van der Waals surface area contributed by atoms with Gasteiger partial charge in [-0.3, -0.25) is 9.69 Å². The fraction of sp³-hybridized carbons (Fsp3) is 0.391. The van der Waals surface area contributed by atoms with Crippen molar-refractivity contribution in [2.24, 2.45) is 0 Å². The molecule has 0 radical (unpaired) electrons. The molecule has 2 aromatic rings. The zero-order chi connectivity index (χ0) is 19.9. The van der Waals surface area contributed by atoms with E-state index >= 15 is 0 Å². The summed E-state index contributed by atoms with van der Waals surface area (Å²) in [6.07, 6.45) is 2.28. The van der Waals surface area contributed by atoms with Gasteiger partial charge in [0.15, 0.2) is 0 Å². The van der Waals surface area contributed by atoms with Gasteiger partial charge in [0.05, 0.1) is 17.3 Å². The average molecular weight is 378 g/mol. The van der Waals surface area contributed by atoms with Crippen molar-refractivity contribution in [3.63, 3.8) is 0 Å². The number of carbonyl (C=O) groups excluding carboxylic acids is 1. The van der Waals surface area contributed by atoms with Gasteiger partial charge in [-0.15, -0.1) is 0 Å². The Balaban J connectivity index is 1.82. The molecule has 28 heavy (non-hydrogen) atoms. The van der Waals surface area contributed by atoms with E-state index in [2.05, 4.69) is 0 Å². The third kappa shape index (κ3) is 3.26. The van der Waals surface area contributed by atoms with Crippen LogP contribution in [0.1, 0.15) is 50.3 Å². The standard InChI is InChI=1S/C23H26N2O3/c1-16(26)24(18-12-13-18)21-15-23(2,14-17-8-4-3-5-9-17)25(22(27)28)20-11-7-6-10-19(20)21/h3-11,18,21H,12-15H2,1-2H3,(H,27,28). The molecule has 2 atom stereocenters. The summed E-state index contributed by atoms with van der Waals surface area (Å²) < 4.78 is 0. The largest absolute Gasteiger partial charge is 0.465 e. The molecule has 0 bridgehead atoms. The molecule has 5 nitrogen and oxygen atoms in total. The van der Waals surface area contributed by atoms with Crippen LogP contribution in [0, 0.1) is 0 Å². The van der Waals surface area contributed by atoms with E-state index in [1.165, 1.54) is 4.90 Å². The van der Waals surface area contributed by atoms with Crippen molar-refractivity contribution in [3.05, 3.63) is 65.7 Å². The Labute approximate surface area is 165 Å². The second kappa shape index (κ2) is 6.97. The number of anilines is 1. The van der Waals surface area contributed by atoms with Crippen molar-refractivity contribution in [2.45, 2.75) is 57.2 Å². The van der Waals surface area contributed by atoms with Crippen molar-refractivity contribution in [1.29, 1.82) is 0 Å². The van der Waals surface area contributed by atoms with Gasteiger partial charge in [0.2, 0.25) is 5.91 Å². The fourth-order valence-electron chi connectivity index (χ4n) is 4.73. The summed E-state index contributed by atoms with van der Waals surface area (Å²) >= 11 is 0. The number of carboxylic acid groups (broad SMARTS) is 1. The summed E-state index contributed by atoms with van der Waals surface area (Å²) in [7, 11) is 0. The molecule has 0 aromatic heterocycles. The quantitative estimate of drug-likeness (QED) is 0.844. The minimum absolute atomic E-state index is 0.0631. The SMILES string of the molecule is CC(=O)N(C1CC1)C1CC(C)(Cc2ccccc2)N(C(=O)O)c2ccccc21. The summed E-state index contributed by atoms with van der Waals surface area (Å²) in [4.78, 5) is 28.3. The lowest BCUT2D eigenvalue weighted by molar-refractivity contribution is -0.132. The maximum absolute atomic E-state index is 12.5. The molecule has 1 heterocycles. The Kier molecular flexibility index (Phi) is 4.61. The van der Waals surface area contributed by atoms with Crippen LogP contribution in [0.4, 0.5) is 10.5 Å². The second-order valence-corrected chi connectivity index (χ2v) is 8.21. The molecule has 146 valence electrons. The molecule has 2 aliphatic rings. The number of carbonyl (C=O) groups is 2. The summed E-state index contributed by atoms with van der Waals surface area (Å²) in [5, 5.41) is 10.1. The van der Waals surface area contributed by atoms with E-state index in [4.69, 9.17) is 0 Å². The van der Waals surface area contributed by atoms with Crippen LogP contribution < -0.4 is 4.90 Å². The predicted molar refractivity (Wildman–Crippen MR) is 108 cm³/mol. The van der Waals surface area contributed by atoms with E-state index in [9.17, 15) is 14.7 Å². The van der Waals surface area contributed by atoms with Crippen molar-refractivity contribution in [3.8, 4) is 0 Å². The zero-order valence-corrected chi connectivity index (χ0v) is 16.3. The predicted octanol–water partition coefficient (Wildman–Crippen LogP) is 4.63. The highest BCUT2D eigenvalue weighted by atomic mass is 16.4. The lowest BCUT2D eigenvalue weighted by Gasteiger charge is -2.49. The molecule has 1 fully saturated rings. The van der Waals surface area contributed by atoms with E-state index in [0.717, 1.165) is 24.0 Å². The molecule has 2 unspecified atom stereocenters. The van der Waals surface area contributed by atoms with Crippen molar-refractivity contribution in [2.75, 3.05) is 4.90 Å². The first-order chi connectivity index (χ1) is 13.4. The number of fused-ring (bicyclic) bond motifs is 1. The number of hydrogen-bond donors (Lipinski definition) is 1. The fourth-order valence-corrected chi connectivity index (χ4v) is 4.73. The van der Waals surface area contributed by atoms with Gasteiger partial charge < -0.3 is 10.0 Å². The minimum Gasteiger partial charge on any atom is -0.465 e. The zero-order valence-electron chi connectivity index (χ0n) is 16.3. The van der Waals surface area contributed by atoms with Crippen LogP contribution in [0.2, 0.25) is 0 Å². The van der Waals surface area contributed by atoms with E-state index in [1.807, 2.05) is 66.4 Å². The molecule has 2 amide bonds. The summed E-state index contributed by atoms with van der Waals surface area (Å²) in [6.45, 7) is 3.63. The molecule has 1 aliphatic carbocycles. The van der Waals surface area contributed by atoms with Crippen molar-refractivity contribution < 1.29 is 14.7 Å². The Bertz CT molecular complexity index is 894. The van der Waals surface area contributed by atoms with Crippen molar-refractivity contribution >= 4 is 17.7 Å². The molecule has 1 saturated carbocycles. The summed E-state index contributed by atoms with van der Waals surface area (Å²) in [5.41, 5.74) is 2.07. The highest BCUT2D eigenvalue weighted by molar-refractivity contribution is 5.90. The van der Waals surface area contributed by atoms with Gasteiger partial charge in [-0.2, -0.15) is 0 Å². The Morgan fingerprint density at radius 2 is 1.75 bits per heavy atom. The Morgan fingerprint density at radius 3 is 2.36 bits per heavy atom. The Hall–Kier alpha value is -2.82. The second-order valence-electron chi connectivity index (χ2n) is 8.21. The van der Waals surface area contributed by atoms with Crippen LogP contribution >= 0.6 is 0 Å². The lowest BCUT2D eigenvalue weighted by Crippen LogP contribution is -2.57. The maximum Gasteiger partial charge on any atom is 0.412 e. The average Bonchev–Trinajstić information content (AvgIpc) is 3.46. The van der Waals surface area contributed by atoms with Crippen LogP contribution in [0.5, 0.6) is 0 Å². The topological polar surface area (TPSA) is 60.9 Å². The highest BCUT2D eigenvalue weighted by Gasteiger charge is 2.48. The summed E-state index contributed by atoms with van der Waals surface area (Å²) in [6, 6.07) is 17.8. The highest BCUT2D eigenvalue weighted by Crippen LogP contribution is 2.49. The Morgan fingerprint density at radius 1 is 1.11 bits per heavy atom. The molecule has 0 saturated heterocycles. The van der Waals surface area contributed by atoms with Gasteiger partial charge in [-0.05, 0) is 49.8 Å². The molecular formula is C23H26N2O3. The van der Waals surface area contributed by atoms with Crippen LogP contribution in [0.25, 0.3) is 0 Å². The molecule has 1 N–H and O–H groups in total. The molecule has 5 heteroatoms. The normalized spacial score (nSPS) is 23.8. The number of nitrogens with zero attached hydrogens (tertiary/aromatic N) is 2. The van der Waals surface area contributed by atoms with Crippen LogP contribution in [-0.2, 0) is 11.2 Å².